The summed E-state index contributed by atoms with van der Waals surface area (Å²) in [6, 6.07) is 18.6. The Hall–Kier alpha value is -1.60. The second-order valence-electron chi connectivity index (χ2n) is 4.81. The van der Waals surface area contributed by atoms with Crippen molar-refractivity contribution >= 4 is 0 Å². The first kappa shape index (κ1) is 12.8. The molecular weight excluding hydrogens is 220 g/mol. The molecule has 1 atom stereocenters. The van der Waals surface area contributed by atoms with Gasteiger partial charge in [-0.3, -0.25) is 0 Å². The van der Waals surface area contributed by atoms with Gasteiger partial charge >= 0.3 is 0 Å². The summed E-state index contributed by atoms with van der Waals surface area (Å²) in [5.74, 6) is 0. The van der Waals surface area contributed by atoms with Crippen LogP contribution in [0.15, 0.2) is 54.6 Å². The molecule has 0 amide bonds. The van der Waals surface area contributed by atoms with E-state index in [2.05, 4.69) is 43.3 Å². The maximum absolute atomic E-state index is 10.1. The van der Waals surface area contributed by atoms with Crippen LogP contribution in [-0.2, 0) is 12.8 Å². The van der Waals surface area contributed by atoms with Crippen LogP contribution in [0, 0.1) is 6.92 Å². The molecule has 0 aromatic heterocycles. The van der Waals surface area contributed by atoms with Crippen molar-refractivity contribution in [1.29, 1.82) is 0 Å². The van der Waals surface area contributed by atoms with Crippen LogP contribution in [0.4, 0.5) is 0 Å². The lowest BCUT2D eigenvalue weighted by atomic mass is 9.99. The molecule has 0 aliphatic rings. The SMILES string of the molecule is Cc1ccccc1CCC(O)Cc1ccccc1. The highest BCUT2D eigenvalue weighted by molar-refractivity contribution is 5.25. The van der Waals surface area contributed by atoms with Crippen LogP contribution in [0.25, 0.3) is 0 Å². The second-order valence-corrected chi connectivity index (χ2v) is 4.81. The highest BCUT2D eigenvalue weighted by atomic mass is 16.3. The highest BCUT2D eigenvalue weighted by Gasteiger charge is 2.06. The van der Waals surface area contributed by atoms with E-state index < -0.39 is 0 Å². The molecule has 1 N–H and O–H groups in total. The molecule has 2 aromatic carbocycles. The predicted octanol–water partition coefficient (Wildman–Crippen LogP) is 3.53. The standard InChI is InChI=1S/C17H20O/c1-14-7-5-6-10-16(14)11-12-17(18)13-15-8-3-2-4-9-15/h2-10,17-18H,11-13H2,1H3. The van der Waals surface area contributed by atoms with Crippen LogP contribution in [0.1, 0.15) is 23.1 Å². The molecule has 2 rings (SSSR count). The summed E-state index contributed by atoms with van der Waals surface area (Å²) in [6.07, 6.45) is 2.25. The summed E-state index contributed by atoms with van der Waals surface area (Å²) in [7, 11) is 0. The van der Waals surface area contributed by atoms with Gasteiger partial charge in [-0.2, -0.15) is 0 Å². The Balaban J connectivity index is 1.86. The van der Waals surface area contributed by atoms with Crippen molar-refractivity contribution < 1.29 is 5.11 Å². The fourth-order valence-corrected chi connectivity index (χ4v) is 2.20. The van der Waals surface area contributed by atoms with Gasteiger partial charge in [-0.25, -0.2) is 0 Å². The van der Waals surface area contributed by atoms with Crippen molar-refractivity contribution in [3.8, 4) is 0 Å². The van der Waals surface area contributed by atoms with E-state index in [4.69, 9.17) is 0 Å². The van der Waals surface area contributed by atoms with Crippen LogP contribution >= 0.6 is 0 Å². The molecule has 0 bridgehead atoms. The lowest BCUT2D eigenvalue weighted by Crippen LogP contribution is -2.11. The van der Waals surface area contributed by atoms with Crippen LogP contribution in [-0.4, -0.2) is 11.2 Å². The van der Waals surface area contributed by atoms with E-state index in [-0.39, 0.29) is 6.10 Å². The van der Waals surface area contributed by atoms with Gasteiger partial charge in [0.2, 0.25) is 0 Å². The Labute approximate surface area is 109 Å². The van der Waals surface area contributed by atoms with E-state index in [0.717, 1.165) is 19.3 Å². The van der Waals surface area contributed by atoms with Crippen molar-refractivity contribution in [3.05, 3.63) is 71.3 Å². The Morgan fingerprint density at radius 1 is 0.944 bits per heavy atom. The van der Waals surface area contributed by atoms with Crippen molar-refractivity contribution in [2.75, 3.05) is 0 Å². The Morgan fingerprint density at radius 2 is 1.61 bits per heavy atom. The zero-order valence-electron chi connectivity index (χ0n) is 10.8. The van der Waals surface area contributed by atoms with E-state index in [9.17, 15) is 5.11 Å². The van der Waals surface area contributed by atoms with Crippen molar-refractivity contribution in [2.24, 2.45) is 0 Å². The molecule has 0 aliphatic carbocycles. The predicted molar refractivity (Wildman–Crippen MR) is 75.7 cm³/mol. The Morgan fingerprint density at radius 3 is 2.33 bits per heavy atom. The van der Waals surface area contributed by atoms with Gasteiger partial charge in [0.05, 0.1) is 6.10 Å². The minimum Gasteiger partial charge on any atom is -0.393 e. The minimum atomic E-state index is -0.257. The number of hydrogen-bond donors (Lipinski definition) is 1. The molecule has 0 saturated carbocycles. The van der Waals surface area contributed by atoms with E-state index in [0.29, 0.717) is 0 Å². The van der Waals surface area contributed by atoms with Gasteiger partial charge in [0.25, 0.3) is 0 Å². The third-order valence-corrected chi connectivity index (χ3v) is 3.32. The number of aliphatic hydroxyl groups is 1. The Bertz CT molecular complexity index is 476. The van der Waals surface area contributed by atoms with Gasteiger partial charge in [0.15, 0.2) is 0 Å². The molecule has 1 heteroatoms. The monoisotopic (exact) mass is 240 g/mol. The number of hydrogen-bond acceptors (Lipinski definition) is 1. The second kappa shape index (κ2) is 6.36. The molecule has 0 saturated heterocycles. The number of aryl methyl sites for hydroxylation is 2. The minimum absolute atomic E-state index is 0.257. The largest absolute Gasteiger partial charge is 0.393 e. The molecular formula is C17H20O. The first-order valence-electron chi connectivity index (χ1n) is 6.52. The van der Waals surface area contributed by atoms with Gasteiger partial charge in [-0.05, 0) is 42.9 Å². The molecule has 0 radical (unpaired) electrons. The van der Waals surface area contributed by atoms with Crippen LogP contribution < -0.4 is 0 Å². The van der Waals surface area contributed by atoms with Gasteiger partial charge in [-0.1, -0.05) is 54.6 Å². The van der Waals surface area contributed by atoms with Gasteiger partial charge in [0.1, 0.15) is 0 Å². The zero-order chi connectivity index (χ0) is 12.8. The lowest BCUT2D eigenvalue weighted by Gasteiger charge is -2.11. The molecule has 0 aliphatic heterocycles. The molecule has 0 spiro atoms. The first-order valence-corrected chi connectivity index (χ1v) is 6.52. The Kier molecular flexibility index (Phi) is 4.54. The summed E-state index contributed by atoms with van der Waals surface area (Å²) < 4.78 is 0. The molecule has 18 heavy (non-hydrogen) atoms. The van der Waals surface area contributed by atoms with Crippen molar-refractivity contribution in [3.63, 3.8) is 0 Å². The van der Waals surface area contributed by atoms with Gasteiger partial charge < -0.3 is 5.11 Å². The molecule has 0 heterocycles. The zero-order valence-corrected chi connectivity index (χ0v) is 10.8. The van der Waals surface area contributed by atoms with Crippen LogP contribution in [0.2, 0.25) is 0 Å². The quantitative estimate of drug-likeness (QED) is 0.847. The van der Waals surface area contributed by atoms with Crippen molar-refractivity contribution in [2.45, 2.75) is 32.3 Å². The topological polar surface area (TPSA) is 20.2 Å². The summed E-state index contributed by atoms with van der Waals surface area (Å²) in [5, 5.41) is 10.1. The van der Waals surface area contributed by atoms with Crippen LogP contribution in [0.3, 0.4) is 0 Å². The van der Waals surface area contributed by atoms with Crippen LogP contribution in [0.5, 0.6) is 0 Å². The average Bonchev–Trinajstić information content (AvgIpc) is 2.39. The summed E-state index contributed by atoms with van der Waals surface area (Å²) in [4.78, 5) is 0. The molecule has 2 aromatic rings. The fourth-order valence-electron chi connectivity index (χ4n) is 2.20. The maximum atomic E-state index is 10.1. The number of benzene rings is 2. The van der Waals surface area contributed by atoms with E-state index in [1.165, 1.54) is 16.7 Å². The first-order chi connectivity index (χ1) is 8.75. The van der Waals surface area contributed by atoms with E-state index in [1.807, 2.05) is 18.2 Å². The van der Waals surface area contributed by atoms with Gasteiger partial charge in [0, 0.05) is 0 Å². The molecule has 1 unspecified atom stereocenters. The maximum Gasteiger partial charge on any atom is 0.0583 e. The normalized spacial score (nSPS) is 12.3. The highest BCUT2D eigenvalue weighted by Crippen LogP contribution is 2.13. The molecule has 1 nitrogen and oxygen atoms in total. The number of aliphatic hydroxyl groups excluding tert-OH is 1. The lowest BCUT2D eigenvalue weighted by molar-refractivity contribution is 0.165. The van der Waals surface area contributed by atoms with Crippen molar-refractivity contribution in [1.82, 2.24) is 0 Å². The summed E-state index contributed by atoms with van der Waals surface area (Å²) in [5.41, 5.74) is 3.85. The third-order valence-electron chi connectivity index (χ3n) is 3.32. The average molecular weight is 240 g/mol. The van der Waals surface area contributed by atoms with E-state index >= 15 is 0 Å². The van der Waals surface area contributed by atoms with E-state index in [1.54, 1.807) is 0 Å². The smallest absolute Gasteiger partial charge is 0.0583 e. The molecule has 0 fully saturated rings. The summed E-state index contributed by atoms with van der Waals surface area (Å²) >= 11 is 0. The molecule has 94 valence electrons. The number of rotatable bonds is 5. The summed E-state index contributed by atoms with van der Waals surface area (Å²) in [6.45, 7) is 2.12. The van der Waals surface area contributed by atoms with Gasteiger partial charge in [-0.15, -0.1) is 0 Å². The third kappa shape index (κ3) is 3.71. The fraction of sp³-hybridized carbons (Fsp3) is 0.294.